The molecule has 0 radical (unpaired) electrons. The van der Waals surface area contributed by atoms with E-state index in [4.69, 9.17) is 9.47 Å². The van der Waals surface area contributed by atoms with Crippen LogP contribution >= 0.6 is 0 Å². The quantitative estimate of drug-likeness (QED) is 0.201. The Kier molecular flexibility index (Phi) is 10.6. The number of carbonyl (C=O) groups is 3. The topological polar surface area (TPSA) is 173 Å². The molecule has 13 nitrogen and oxygen atoms in total. The lowest BCUT2D eigenvalue weighted by molar-refractivity contribution is -0.274. The number of halogens is 3. The number of sulfonamides is 1. The minimum atomic E-state index is -4.87. The zero-order chi connectivity index (χ0) is 39.2. The molecule has 6 rings (SSSR count). The number of methoxy groups -OCH3 is 1. The second-order valence-corrected chi connectivity index (χ2v) is 15.9. The van der Waals surface area contributed by atoms with Gasteiger partial charge in [-0.3, -0.25) is 19.1 Å². The van der Waals surface area contributed by atoms with Gasteiger partial charge in [0.2, 0.25) is 21.8 Å². The number of aliphatic hydroxyl groups excluding tert-OH is 1. The van der Waals surface area contributed by atoms with Crippen molar-refractivity contribution in [2.75, 3.05) is 13.7 Å². The van der Waals surface area contributed by atoms with Crippen molar-refractivity contribution in [1.82, 2.24) is 19.9 Å². The Morgan fingerprint density at radius 2 is 1.81 bits per heavy atom. The van der Waals surface area contributed by atoms with Crippen molar-refractivity contribution < 1.29 is 55.3 Å². The molecular formula is C37H41F3N4O9S. The molecule has 54 heavy (non-hydrogen) atoms. The van der Waals surface area contributed by atoms with Gasteiger partial charge < -0.3 is 29.5 Å². The lowest BCUT2D eigenvalue weighted by Crippen LogP contribution is -2.57. The highest BCUT2D eigenvalue weighted by molar-refractivity contribution is 7.91. The van der Waals surface area contributed by atoms with Crippen LogP contribution in [0.2, 0.25) is 0 Å². The highest BCUT2D eigenvalue weighted by atomic mass is 32.2. The standard InChI is InChI=1S/C37H41F3N4O9S/c1-5-20(3)31(45)34(47)44-19-26(17-30(44)32(46)42-36(18-23(36)6-2)35(48)43-54(49,50)27-12-13-27)52-33-28-14-11-25(51-4)15-22(28)16-29(41-33)21-7-9-24(10-8-21)53-37(38,39)40/h6-11,14-16,20,23,26-27,30-31,45H,2,5,12-13,17-19H2,1,3-4H3,(H,42,46)(H,43,48)/t20-,23+,26+,30-,31-,36+/m0/s1. The van der Waals surface area contributed by atoms with Crippen LogP contribution in [0.25, 0.3) is 22.0 Å². The molecule has 3 N–H and O–H groups in total. The van der Waals surface area contributed by atoms with E-state index >= 15 is 0 Å². The first-order valence-corrected chi connectivity index (χ1v) is 19.0. The highest BCUT2D eigenvalue weighted by Crippen LogP contribution is 2.45. The number of benzene rings is 2. The highest BCUT2D eigenvalue weighted by Gasteiger charge is 2.62. The number of fused-ring (bicyclic) bond motifs is 1. The summed E-state index contributed by atoms with van der Waals surface area (Å²) in [5.41, 5.74) is -0.838. The summed E-state index contributed by atoms with van der Waals surface area (Å²) >= 11 is 0. The average molecular weight is 775 g/mol. The lowest BCUT2D eigenvalue weighted by atomic mass is 10.0. The van der Waals surface area contributed by atoms with Crippen LogP contribution in [0.3, 0.4) is 0 Å². The maximum Gasteiger partial charge on any atom is 0.573 e. The van der Waals surface area contributed by atoms with Crippen molar-refractivity contribution in [2.24, 2.45) is 11.8 Å². The van der Waals surface area contributed by atoms with Gasteiger partial charge in [-0.05, 0) is 79.1 Å². The third-order valence-corrected chi connectivity index (χ3v) is 12.0. The Labute approximate surface area is 309 Å². The molecule has 17 heteroatoms. The van der Waals surface area contributed by atoms with Gasteiger partial charge in [-0.25, -0.2) is 13.4 Å². The Bertz CT molecular complexity index is 2060. The van der Waals surface area contributed by atoms with Gasteiger partial charge >= 0.3 is 6.36 Å². The Balaban J connectivity index is 1.30. The number of aliphatic hydroxyl groups is 1. The maximum absolute atomic E-state index is 14.1. The van der Waals surface area contributed by atoms with E-state index in [0.29, 0.717) is 47.0 Å². The first kappa shape index (κ1) is 38.8. The molecular weight excluding hydrogens is 733 g/mol. The van der Waals surface area contributed by atoms with Crippen molar-refractivity contribution in [3.05, 3.63) is 61.2 Å². The fourth-order valence-electron chi connectivity index (χ4n) is 6.58. The summed E-state index contributed by atoms with van der Waals surface area (Å²) in [5.74, 6) is -3.19. The van der Waals surface area contributed by atoms with E-state index in [0.717, 1.165) is 12.1 Å². The number of rotatable bonds is 14. The minimum absolute atomic E-state index is 0.0886. The summed E-state index contributed by atoms with van der Waals surface area (Å²) in [7, 11) is -2.44. The van der Waals surface area contributed by atoms with Crippen molar-refractivity contribution >= 4 is 38.5 Å². The number of carbonyl (C=O) groups excluding carboxylic acids is 3. The van der Waals surface area contributed by atoms with Crippen LogP contribution in [-0.4, -0.2) is 90.2 Å². The number of amides is 3. The molecule has 0 unspecified atom stereocenters. The first-order valence-electron chi connectivity index (χ1n) is 17.5. The predicted molar refractivity (Wildman–Crippen MR) is 190 cm³/mol. The fourth-order valence-corrected chi connectivity index (χ4v) is 7.95. The molecule has 290 valence electrons. The van der Waals surface area contributed by atoms with E-state index in [9.17, 15) is 41.1 Å². The molecule has 0 bridgehead atoms. The number of pyridine rings is 1. The number of nitrogens with one attached hydrogen (secondary N) is 2. The summed E-state index contributed by atoms with van der Waals surface area (Å²) in [6.07, 6.45) is -4.40. The molecule has 1 aliphatic heterocycles. The third kappa shape index (κ3) is 8.11. The van der Waals surface area contributed by atoms with Crippen molar-refractivity contribution in [3.8, 4) is 28.6 Å². The van der Waals surface area contributed by atoms with Gasteiger partial charge in [0, 0.05) is 23.3 Å². The van der Waals surface area contributed by atoms with E-state index in [1.807, 2.05) is 0 Å². The van der Waals surface area contributed by atoms with Gasteiger partial charge in [-0.1, -0.05) is 26.3 Å². The van der Waals surface area contributed by atoms with Crippen LogP contribution in [0.4, 0.5) is 13.2 Å². The van der Waals surface area contributed by atoms with Crippen LogP contribution in [-0.2, 0) is 24.4 Å². The molecule has 1 aromatic heterocycles. The van der Waals surface area contributed by atoms with Gasteiger partial charge in [-0.15, -0.1) is 19.8 Å². The molecule has 2 saturated carbocycles. The average Bonchev–Trinajstić information content (AvgIpc) is 4.06. The van der Waals surface area contributed by atoms with Crippen molar-refractivity contribution in [3.63, 3.8) is 0 Å². The number of nitrogens with zero attached hydrogens (tertiary/aromatic N) is 2. The fraction of sp³-hybridized carbons (Fsp3) is 0.459. The molecule has 0 spiro atoms. The molecule has 3 amide bonds. The summed E-state index contributed by atoms with van der Waals surface area (Å²) in [6.45, 7) is 7.06. The molecule has 3 fully saturated rings. The molecule has 2 heterocycles. The first-order chi connectivity index (χ1) is 25.5. The Morgan fingerprint density at radius 3 is 2.41 bits per heavy atom. The SMILES string of the molecule is C=C[C@@H]1C[C@]1(NC(=O)[C@@H]1C[C@@H](Oc2nc(-c3ccc(OC(F)(F)F)cc3)cc3cc(OC)ccc23)CN1C(=O)[C@@H](O)[C@@H](C)CC)C(=O)NS(=O)(=O)C1CC1. The second-order valence-electron chi connectivity index (χ2n) is 14.0. The molecule has 6 atom stereocenters. The van der Waals surface area contributed by atoms with Crippen LogP contribution in [0.1, 0.15) is 46.0 Å². The zero-order valence-corrected chi connectivity index (χ0v) is 30.6. The minimum Gasteiger partial charge on any atom is -0.497 e. The largest absolute Gasteiger partial charge is 0.573 e. The van der Waals surface area contributed by atoms with Crippen molar-refractivity contribution in [2.45, 2.75) is 81.4 Å². The van der Waals surface area contributed by atoms with Crippen LogP contribution in [0, 0.1) is 11.8 Å². The van der Waals surface area contributed by atoms with Gasteiger partial charge in [0.05, 0.1) is 24.6 Å². The molecule has 2 aromatic carbocycles. The smallest absolute Gasteiger partial charge is 0.497 e. The Morgan fingerprint density at radius 1 is 1.13 bits per heavy atom. The van der Waals surface area contributed by atoms with E-state index < -0.39 is 80.7 Å². The monoisotopic (exact) mass is 774 g/mol. The summed E-state index contributed by atoms with van der Waals surface area (Å²) in [4.78, 5) is 47.1. The van der Waals surface area contributed by atoms with Crippen LogP contribution in [0.5, 0.6) is 17.4 Å². The number of aromatic nitrogens is 1. The van der Waals surface area contributed by atoms with E-state index in [1.165, 1.54) is 30.2 Å². The molecule has 2 aliphatic carbocycles. The van der Waals surface area contributed by atoms with Gasteiger partial charge in [0.15, 0.2) is 0 Å². The summed E-state index contributed by atoms with van der Waals surface area (Å²) in [5, 5.41) is 14.1. The van der Waals surface area contributed by atoms with Crippen molar-refractivity contribution in [1.29, 1.82) is 0 Å². The van der Waals surface area contributed by atoms with E-state index in [1.54, 1.807) is 38.1 Å². The van der Waals surface area contributed by atoms with Gasteiger partial charge in [0.25, 0.3) is 11.8 Å². The summed E-state index contributed by atoms with van der Waals surface area (Å²) in [6, 6.07) is 10.7. The number of hydrogen-bond acceptors (Lipinski definition) is 10. The predicted octanol–water partition coefficient (Wildman–Crippen LogP) is 4.23. The molecule has 1 saturated heterocycles. The van der Waals surface area contributed by atoms with Crippen LogP contribution < -0.4 is 24.2 Å². The third-order valence-electron chi connectivity index (χ3n) is 10.2. The Hall–Kier alpha value is -4.90. The van der Waals surface area contributed by atoms with E-state index in [-0.39, 0.29) is 25.3 Å². The summed E-state index contributed by atoms with van der Waals surface area (Å²) < 4.78 is 81.5. The number of alkyl halides is 3. The maximum atomic E-state index is 14.1. The van der Waals surface area contributed by atoms with Gasteiger partial charge in [-0.2, -0.15) is 0 Å². The molecule has 3 aliphatic rings. The lowest BCUT2D eigenvalue weighted by Gasteiger charge is -2.29. The number of likely N-dealkylation sites (tertiary alicyclic amines) is 1. The number of hydrogen-bond donors (Lipinski definition) is 3. The van der Waals surface area contributed by atoms with E-state index in [2.05, 4.69) is 26.3 Å². The zero-order valence-electron chi connectivity index (χ0n) is 29.8. The normalized spacial score (nSPS) is 23.6. The van der Waals surface area contributed by atoms with Gasteiger partial charge in [0.1, 0.15) is 35.3 Å². The second kappa shape index (κ2) is 14.7. The molecule has 3 aromatic rings. The number of ether oxygens (including phenoxy) is 3. The van der Waals surface area contributed by atoms with Crippen LogP contribution in [0.15, 0.2) is 61.2 Å².